The molecular weight excluding hydrogens is 210 g/mol. The first-order chi connectivity index (χ1) is 7.29. The number of carbonyl (C=O) groups is 1. The van der Waals surface area contributed by atoms with Gasteiger partial charge in [-0.3, -0.25) is 4.79 Å². The lowest BCUT2D eigenvalue weighted by molar-refractivity contribution is 0.110. The third-order valence-corrected chi connectivity index (χ3v) is 2.84. The maximum Gasteiger partial charge on any atom is 0.196 e. The zero-order valence-corrected chi connectivity index (χ0v) is 9.16. The highest BCUT2D eigenvalue weighted by Crippen LogP contribution is 2.19. The van der Waals surface area contributed by atoms with Gasteiger partial charge in [0.2, 0.25) is 0 Å². The highest BCUT2D eigenvalue weighted by atomic mass is 32.1. The molecule has 2 aromatic heterocycles. The number of aldehydes is 1. The minimum atomic E-state index is 0.363. The van der Waals surface area contributed by atoms with Crippen molar-refractivity contribution in [1.82, 2.24) is 0 Å². The molecule has 78 valence electrons. The zero-order valence-electron chi connectivity index (χ0n) is 8.34. The number of furan rings is 1. The summed E-state index contributed by atoms with van der Waals surface area (Å²) in [5.74, 6) is 1.07. The number of hydrogen-bond acceptors (Lipinski definition) is 4. The van der Waals surface area contributed by atoms with Crippen molar-refractivity contribution < 1.29 is 9.21 Å². The van der Waals surface area contributed by atoms with Crippen LogP contribution in [0.4, 0.5) is 5.88 Å². The van der Waals surface area contributed by atoms with Crippen molar-refractivity contribution in [3.05, 3.63) is 40.3 Å². The van der Waals surface area contributed by atoms with Gasteiger partial charge in [0.15, 0.2) is 17.9 Å². The van der Waals surface area contributed by atoms with Crippen LogP contribution in [0, 0.1) is 0 Å². The van der Waals surface area contributed by atoms with E-state index in [0.717, 1.165) is 6.54 Å². The van der Waals surface area contributed by atoms with Crippen LogP contribution in [0.25, 0.3) is 0 Å². The van der Waals surface area contributed by atoms with Crippen molar-refractivity contribution in [2.24, 2.45) is 0 Å². The normalized spacial score (nSPS) is 10.2. The van der Waals surface area contributed by atoms with E-state index in [4.69, 9.17) is 4.42 Å². The molecule has 0 aliphatic carbocycles. The van der Waals surface area contributed by atoms with Gasteiger partial charge in [0.1, 0.15) is 0 Å². The van der Waals surface area contributed by atoms with Crippen molar-refractivity contribution in [1.29, 1.82) is 0 Å². The SMILES string of the molecule is CN(Cc1ccsc1)c1ccc(C=O)o1. The van der Waals surface area contributed by atoms with Crippen LogP contribution < -0.4 is 4.90 Å². The van der Waals surface area contributed by atoms with E-state index < -0.39 is 0 Å². The summed E-state index contributed by atoms with van der Waals surface area (Å²) < 4.78 is 5.30. The van der Waals surface area contributed by atoms with Crippen molar-refractivity contribution >= 4 is 23.5 Å². The molecule has 2 aromatic rings. The lowest BCUT2D eigenvalue weighted by Crippen LogP contribution is -2.14. The number of anilines is 1. The van der Waals surface area contributed by atoms with E-state index >= 15 is 0 Å². The smallest absolute Gasteiger partial charge is 0.196 e. The van der Waals surface area contributed by atoms with Crippen LogP contribution in [-0.2, 0) is 6.54 Å². The Morgan fingerprint density at radius 1 is 1.47 bits per heavy atom. The third kappa shape index (κ3) is 2.27. The van der Waals surface area contributed by atoms with Gasteiger partial charge in [-0.05, 0) is 28.5 Å². The molecule has 2 heterocycles. The molecule has 0 aliphatic heterocycles. The number of hydrogen-bond donors (Lipinski definition) is 0. The van der Waals surface area contributed by atoms with Crippen LogP contribution in [0.1, 0.15) is 16.1 Å². The molecule has 15 heavy (non-hydrogen) atoms. The monoisotopic (exact) mass is 221 g/mol. The second-order valence-electron chi connectivity index (χ2n) is 3.28. The summed E-state index contributed by atoms with van der Waals surface area (Å²) in [5, 5.41) is 4.14. The second kappa shape index (κ2) is 4.31. The highest BCUT2D eigenvalue weighted by Gasteiger charge is 2.07. The zero-order chi connectivity index (χ0) is 10.7. The van der Waals surface area contributed by atoms with Crippen molar-refractivity contribution in [2.45, 2.75) is 6.54 Å². The molecule has 0 radical (unpaired) electrons. The Hall–Kier alpha value is -1.55. The van der Waals surface area contributed by atoms with Gasteiger partial charge in [0.25, 0.3) is 0 Å². The van der Waals surface area contributed by atoms with Crippen LogP contribution in [0.15, 0.2) is 33.4 Å². The topological polar surface area (TPSA) is 33.5 Å². The average Bonchev–Trinajstić information content (AvgIpc) is 2.86. The molecule has 0 spiro atoms. The van der Waals surface area contributed by atoms with E-state index in [1.807, 2.05) is 17.3 Å². The van der Waals surface area contributed by atoms with E-state index in [2.05, 4.69) is 11.4 Å². The first-order valence-corrected chi connectivity index (χ1v) is 5.51. The van der Waals surface area contributed by atoms with E-state index in [1.54, 1.807) is 23.5 Å². The van der Waals surface area contributed by atoms with Crippen LogP contribution in [-0.4, -0.2) is 13.3 Å². The number of nitrogens with zero attached hydrogens (tertiary/aromatic N) is 1. The lowest BCUT2D eigenvalue weighted by Gasteiger charge is -2.14. The Bertz CT molecular complexity index is 433. The van der Waals surface area contributed by atoms with Crippen LogP contribution in [0.5, 0.6) is 0 Å². The lowest BCUT2D eigenvalue weighted by atomic mass is 10.3. The van der Waals surface area contributed by atoms with Gasteiger partial charge in [-0.2, -0.15) is 11.3 Å². The van der Waals surface area contributed by atoms with Gasteiger partial charge in [-0.15, -0.1) is 0 Å². The molecular formula is C11H11NO2S. The van der Waals surface area contributed by atoms with Crippen molar-refractivity contribution in [2.75, 3.05) is 11.9 Å². The summed E-state index contributed by atoms with van der Waals surface area (Å²) in [7, 11) is 1.94. The Morgan fingerprint density at radius 3 is 2.93 bits per heavy atom. The molecule has 0 amide bonds. The molecule has 4 heteroatoms. The molecule has 0 atom stereocenters. The molecule has 3 nitrogen and oxygen atoms in total. The molecule has 0 saturated heterocycles. The first kappa shape index (κ1) is 9.98. The van der Waals surface area contributed by atoms with Gasteiger partial charge in [-0.25, -0.2) is 0 Å². The maximum absolute atomic E-state index is 10.4. The van der Waals surface area contributed by atoms with Crippen LogP contribution >= 0.6 is 11.3 Å². The van der Waals surface area contributed by atoms with Crippen molar-refractivity contribution in [3.63, 3.8) is 0 Å². The van der Waals surface area contributed by atoms with E-state index in [-0.39, 0.29) is 0 Å². The summed E-state index contributed by atoms with van der Waals surface area (Å²) >= 11 is 1.67. The van der Waals surface area contributed by atoms with Gasteiger partial charge in [0, 0.05) is 19.7 Å². The molecule has 0 unspecified atom stereocenters. The van der Waals surface area contributed by atoms with Gasteiger partial charge >= 0.3 is 0 Å². The fraction of sp³-hybridized carbons (Fsp3) is 0.182. The van der Waals surface area contributed by atoms with E-state index in [0.29, 0.717) is 17.9 Å². The Balaban J connectivity index is 2.07. The number of rotatable bonds is 4. The number of carbonyl (C=O) groups excluding carboxylic acids is 1. The fourth-order valence-corrected chi connectivity index (χ4v) is 2.00. The predicted molar refractivity (Wildman–Crippen MR) is 60.5 cm³/mol. The Kier molecular flexibility index (Phi) is 2.87. The quantitative estimate of drug-likeness (QED) is 0.744. The van der Waals surface area contributed by atoms with Crippen LogP contribution in [0.3, 0.4) is 0 Å². The van der Waals surface area contributed by atoms with Gasteiger partial charge in [-0.1, -0.05) is 0 Å². The molecule has 0 N–H and O–H groups in total. The second-order valence-corrected chi connectivity index (χ2v) is 4.06. The third-order valence-electron chi connectivity index (χ3n) is 2.10. The molecule has 0 aliphatic rings. The first-order valence-electron chi connectivity index (χ1n) is 4.57. The summed E-state index contributed by atoms with van der Waals surface area (Å²) in [4.78, 5) is 12.4. The van der Waals surface area contributed by atoms with Gasteiger partial charge in [0.05, 0.1) is 0 Å². The molecule has 0 aromatic carbocycles. The van der Waals surface area contributed by atoms with Gasteiger partial charge < -0.3 is 9.32 Å². The molecule has 2 rings (SSSR count). The summed E-state index contributed by atoms with van der Waals surface area (Å²) in [5.41, 5.74) is 1.24. The predicted octanol–water partition coefficient (Wildman–Crippen LogP) is 2.79. The minimum absolute atomic E-state index is 0.363. The molecule has 0 bridgehead atoms. The highest BCUT2D eigenvalue weighted by molar-refractivity contribution is 7.07. The minimum Gasteiger partial charge on any atom is -0.438 e. The summed E-state index contributed by atoms with van der Waals surface area (Å²) in [6.45, 7) is 0.787. The summed E-state index contributed by atoms with van der Waals surface area (Å²) in [6.07, 6.45) is 0.710. The van der Waals surface area contributed by atoms with Crippen molar-refractivity contribution in [3.8, 4) is 0 Å². The van der Waals surface area contributed by atoms with E-state index in [1.165, 1.54) is 5.56 Å². The van der Waals surface area contributed by atoms with E-state index in [9.17, 15) is 4.79 Å². The maximum atomic E-state index is 10.4. The standard InChI is InChI=1S/C11H11NO2S/c1-12(6-9-4-5-15-8-9)11-3-2-10(7-13)14-11/h2-5,7-8H,6H2,1H3. The molecule has 0 fully saturated rings. The fourth-order valence-electron chi connectivity index (χ4n) is 1.35. The molecule has 0 saturated carbocycles. The Morgan fingerprint density at radius 2 is 2.33 bits per heavy atom. The summed E-state index contributed by atoms with van der Waals surface area (Å²) in [6, 6.07) is 5.55. The number of thiophene rings is 1. The average molecular weight is 221 g/mol. The Labute approximate surface area is 91.9 Å². The largest absolute Gasteiger partial charge is 0.438 e. The van der Waals surface area contributed by atoms with Crippen LogP contribution in [0.2, 0.25) is 0 Å².